The lowest BCUT2D eigenvalue weighted by Crippen LogP contribution is -2.41. The highest BCUT2D eigenvalue weighted by Crippen LogP contribution is 2.39. The first-order valence-corrected chi connectivity index (χ1v) is 7.49. The van der Waals surface area contributed by atoms with Crippen LogP contribution in [-0.4, -0.2) is 30.0 Å². The number of thiophene rings is 1. The standard InChI is InChI=1S/C15H18BFO3S/c1-14(2)15(3,4)20-16(19-14)13(17)10-12-8-7-11(21-12)6-5-9-18/h7-8,10,18H,9H2,1-4H3. The lowest BCUT2D eigenvalue weighted by atomic mass is 9.87. The van der Waals surface area contributed by atoms with Crippen LogP contribution in [0, 0.1) is 11.8 Å². The van der Waals surface area contributed by atoms with E-state index in [0.29, 0.717) is 0 Å². The summed E-state index contributed by atoms with van der Waals surface area (Å²) >= 11 is 1.35. The highest BCUT2D eigenvalue weighted by molar-refractivity contribution is 7.13. The Morgan fingerprint density at radius 1 is 1.33 bits per heavy atom. The lowest BCUT2D eigenvalue weighted by molar-refractivity contribution is 0.00578. The SMILES string of the molecule is CC1(C)OB(C(F)=Cc2ccc(C#CCO)s2)OC1(C)C. The van der Waals surface area contributed by atoms with Crippen LogP contribution in [0.2, 0.25) is 0 Å². The van der Waals surface area contributed by atoms with Crippen molar-refractivity contribution < 1.29 is 18.8 Å². The molecular weight excluding hydrogens is 290 g/mol. The van der Waals surface area contributed by atoms with Crippen molar-refractivity contribution in [3.8, 4) is 11.8 Å². The third-order valence-corrected chi connectivity index (χ3v) is 4.62. The summed E-state index contributed by atoms with van der Waals surface area (Å²) in [6.45, 7) is 7.34. The van der Waals surface area contributed by atoms with E-state index >= 15 is 0 Å². The molecule has 0 saturated carbocycles. The molecule has 1 aliphatic rings. The van der Waals surface area contributed by atoms with Crippen molar-refractivity contribution >= 4 is 24.5 Å². The summed E-state index contributed by atoms with van der Waals surface area (Å²) in [6.07, 6.45) is 1.40. The molecule has 0 radical (unpaired) electrons. The molecule has 0 spiro atoms. The van der Waals surface area contributed by atoms with Gasteiger partial charge in [-0.2, -0.15) is 0 Å². The van der Waals surface area contributed by atoms with E-state index in [1.54, 1.807) is 12.1 Å². The lowest BCUT2D eigenvalue weighted by Gasteiger charge is -2.32. The van der Waals surface area contributed by atoms with E-state index in [0.717, 1.165) is 9.75 Å². The van der Waals surface area contributed by atoms with Crippen molar-refractivity contribution in [2.24, 2.45) is 0 Å². The van der Waals surface area contributed by atoms with Crippen LogP contribution >= 0.6 is 11.3 Å². The Balaban J connectivity index is 2.14. The summed E-state index contributed by atoms with van der Waals surface area (Å²) in [7, 11) is -0.982. The Bertz CT molecular complexity index is 594. The number of aliphatic hydroxyl groups excluding tert-OH is 1. The van der Waals surface area contributed by atoms with Crippen LogP contribution in [0.5, 0.6) is 0 Å². The van der Waals surface area contributed by atoms with Gasteiger partial charge in [-0.1, -0.05) is 11.8 Å². The van der Waals surface area contributed by atoms with Crippen molar-refractivity contribution in [3.05, 3.63) is 27.6 Å². The van der Waals surface area contributed by atoms with Gasteiger partial charge in [0, 0.05) is 4.88 Å². The number of hydrogen-bond acceptors (Lipinski definition) is 4. The van der Waals surface area contributed by atoms with Crippen LogP contribution in [-0.2, 0) is 9.31 Å². The zero-order valence-corrected chi connectivity index (χ0v) is 13.4. The highest BCUT2D eigenvalue weighted by Gasteiger charge is 2.53. The molecule has 6 heteroatoms. The molecule has 0 bridgehead atoms. The summed E-state index contributed by atoms with van der Waals surface area (Å²) in [5.41, 5.74) is -1.58. The summed E-state index contributed by atoms with van der Waals surface area (Å²) in [5.74, 6) is 5.35. The summed E-state index contributed by atoms with van der Waals surface area (Å²) < 4.78 is 25.6. The van der Waals surface area contributed by atoms with E-state index in [-0.39, 0.29) is 6.61 Å². The van der Waals surface area contributed by atoms with Gasteiger partial charge in [-0.25, -0.2) is 4.39 Å². The molecular formula is C15H18BFO3S. The minimum atomic E-state index is -0.982. The number of hydrogen-bond donors (Lipinski definition) is 1. The van der Waals surface area contributed by atoms with Crippen LogP contribution < -0.4 is 0 Å². The fourth-order valence-corrected chi connectivity index (χ4v) is 2.60. The fraction of sp³-hybridized carbons (Fsp3) is 0.467. The second-order valence-electron chi connectivity index (χ2n) is 5.78. The predicted molar refractivity (Wildman–Crippen MR) is 83.4 cm³/mol. The third kappa shape index (κ3) is 3.56. The van der Waals surface area contributed by atoms with E-state index in [2.05, 4.69) is 11.8 Å². The van der Waals surface area contributed by atoms with Gasteiger partial charge < -0.3 is 14.4 Å². The van der Waals surface area contributed by atoms with E-state index in [4.69, 9.17) is 14.4 Å². The molecule has 21 heavy (non-hydrogen) atoms. The molecule has 1 N–H and O–H groups in total. The Morgan fingerprint density at radius 2 is 1.95 bits per heavy atom. The van der Waals surface area contributed by atoms with Crippen LogP contribution in [0.15, 0.2) is 17.9 Å². The topological polar surface area (TPSA) is 38.7 Å². The third-order valence-electron chi connectivity index (χ3n) is 3.68. The minimum Gasteiger partial charge on any atom is -0.398 e. The zero-order valence-electron chi connectivity index (χ0n) is 12.6. The molecule has 1 aliphatic heterocycles. The van der Waals surface area contributed by atoms with Crippen molar-refractivity contribution in [2.45, 2.75) is 38.9 Å². The van der Waals surface area contributed by atoms with Crippen LogP contribution in [0.25, 0.3) is 6.08 Å². The van der Waals surface area contributed by atoms with E-state index in [1.165, 1.54) is 17.4 Å². The maximum absolute atomic E-state index is 14.3. The largest absolute Gasteiger partial charge is 0.525 e. The molecule has 3 nitrogen and oxygen atoms in total. The molecule has 1 aromatic rings. The van der Waals surface area contributed by atoms with Gasteiger partial charge in [-0.15, -0.1) is 11.3 Å². The molecule has 0 amide bonds. The molecule has 2 heterocycles. The first-order valence-electron chi connectivity index (χ1n) is 6.67. The van der Waals surface area contributed by atoms with Crippen LogP contribution in [0.1, 0.15) is 37.4 Å². The molecule has 0 atom stereocenters. The van der Waals surface area contributed by atoms with Gasteiger partial charge in [0.25, 0.3) is 0 Å². The molecule has 2 rings (SSSR count). The van der Waals surface area contributed by atoms with E-state index in [1.807, 2.05) is 27.7 Å². The monoisotopic (exact) mass is 308 g/mol. The molecule has 0 aromatic carbocycles. The number of halogens is 1. The molecule has 1 fully saturated rings. The smallest absolute Gasteiger partial charge is 0.398 e. The van der Waals surface area contributed by atoms with Crippen LogP contribution in [0.3, 0.4) is 0 Å². The maximum atomic E-state index is 14.3. The Hall–Kier alpha value is -1.13. The molecule has 0 unspecified atom stereocenters. The van der Waals surface area contributed by atoms with Gasteiger partial charge in [0.1, 0.15) is 12.3 Å². The minimum absolute atomic E-state index is 0.189. The number of aliphatic hydroxyl groups is 1. The normalized spacial score (nSPS) is 20.3. The number of rotatable bonds is 2. The van der Waals surface area contributed by atoms with Gasteiger partial charge in [0.05, 0.1) is 16.1 Å². The fourth-order valence-electron chi connectivity index (χ4n) is 1.78. The van der Waals surface area contributed by atoms with Gasteiger partial charge in [0.2, 0.25) is 0 Å². The van der Waals surface area contributed by atoms with E-state index in [9.17, 15) is 4.39 Å². The second kappa shape index (κ2) is 5.94. The van der Waals surface area contributed by atoms with Crippen molar-refractivity contribution in [2.75, 3.05) is 6.61 Å². The van der Waals surface area contributed by atoms with Gasteiger partial charge in [-0.3, -0.25) is 0 Å². The van der Waals surface area contributed by atoms with Crippen molar-refractivity contribution in [1.29, 1.82) is 0 Å². The average Bonchev–Trinajstić information content (AvgIpc) is 2.90. The second-order valence-corrected chi connectivity index (χ2v) is 6.89. The Morgan fingerprint density at radius 3 is 2.52 bits per heavy atom. The van der Waals surface area contributed by atoms with Crippen molar-refractivity contribution in [3.63, 3.8) is 0 Å². The Labute approximate surface area is 128 Å². The summed E-state index contributed by atoms with van der Waals surface area (Å²) in [5, 5.41) is 8.65. The zero-order chi connectivity index (χ0) is 15.7. The Kier molecular flexibility index (Phi) is 4.59. The molecule has 1 saturated heterocycles. The average molecular weight is 308 g/mol. The van der Waals surface area contributed by atoms with Crippen molar-refractivity contribution in [1.82, 2.24) is 0 Å². The van der Waals surface area contributed by atoms with Crippen LogP contribution in [0.4, 0.5) is 4.39 Å². The van der Waals surface area contributed by atoms with Gasteiger partial charge in [0.15, 0.2) is 0 Å². The van der Waals surface area contributed by atoms with Gasteiger partial charge in [-0.05, 0) is 45.9 Å². The first-order chi connectivity index (χ1) is 9.75. The molecule has 1 aromatic heterocycles. The predicted octanol–water partition coefficient (Wildman–Crippen LogP) is 3.03. The molecule has 0 aliphatic carbocycles. The summed E-state index contributed by atoms with van der Waals surface area (Å²) in [6, 6.07) is 3.56. The summed E-state index contributed by atoms with van der Waals surface area (Å²) in [4.78, 5) is 1.50. The van der Waals surface area contributed by atoms with Gasteiger partial charge >= 0.3 is 7.12 Å². The van der Waals surface area contributed by atoms with E-state index < -0.39 is 24.0 Å². The highest BCUT2D eigenvalue weighted by atomic mass is 32.1. The maximum Gasteiger partial charge on any atom is 0.525 e. The quantitative estimate of drug-likeness (QED) is 0.674. The first kappa shape index (κ1) is 16.2. The molecule has 112 valence electrons.